The summed E-state index contributed by atoms with van der Waals surface area (Å²) in [5.74, 6) is 1.29. The van der Waals surface area contributed by atoms with Crippen LogP contribution in [0, 0.1) is 0 Å². The average Bonchev–Trinajstić information content (AvgIpc) is 3.12. The number of benzene rings is 2. The van der Waals surface area contributed by atoms with Crippen LogP contribution in [0.5, 0.6) is 11.5 Å². The van der Waals surface area contributed by atoms with Crippen molar-refractivity contribution in [2.75, 3.05) is 13.2 Å². The van der Waals surface area contributed by atoms with E-state index in [2.05, 4.69) is 10.3 Å². The lowest BCUT2D eigenvalue weighted by molar-refractivity contribution is -0.120. The Labute approximate surface area is 177 Å². The number of halogens is 2. The molecule has 1 N–H and O–H groups in total. The number of carbonyl (C=O) groups is 1. The first-order chi connectivity index (χ1) is 13.6. The smallest absolute Gasteiger partial charge is 0.226 e. The number of hydrogen-bond acceptors (Lipinski definition) is 5. The van der Waals surface area contributed by atoms with Gasteiger partial charge in [0, 0.05) is 15.4 Å². The monoisotopic (exact) mass is 436 g/mol. The van der Waals surface area contributed by atoms with Gasteiger partial charge in [0.25, 0.3) is 0 Å². The Balaban J connectivity index is 1.37. The number of nitrogens with one attached hydrogen (secondary N) is 1. The molecule has 1 amide bonds. The summed E-state index contributed by atoms with van der Waals surface area (Å²) < 4.78 is 11.2. The van der Waals surface area contributed by atoms with E-state index in [9.17, 15) is 4.79 Å². The SMILES string of the molecule is O=C(Cc1csc(COc2ccc(Cl)cc2)n1)NCCOc1cccc(Cl)c1. The van der Waals surface area contributed by atoms with Crippen molar-refractivity contribution in [2.45, 2.75) is 13.0 Å². The van der Waals surface area contributed by atoms with Crippen molar-refractivity contribution in [1.82, 2.24) is 10.3 Å². The molecular weight excluding hydrogens is 419 g/mol. The fourth-order valence-corrected chi connectivity index (χ4v) is 3.33. The second-order valence-corrected chi connectivity index (χ2v) is 7.62. The van der Waals surface area contributed by atoms with Crippen LogP contribution in [0.3, 0.4) is 0 Å². The third-order valence-electron chi connectivity index (χ3n) is 3.61. The fourth-order valence-electron chi connectivity index (χ4n) is 2.32. The largest absolute Gasteiger partial charge is 0.492 e. The van der Waals surface area contributed by atoms with Gasteiger partial charge < -0.3 is 14.8 Å². The molecule has 1 aromatic heterocycles. The summed E-state index contributed by atoms with van der Waals surface area (Å²) in [6.07, 6.45) is 0.217. The lowest BCUT2D eigenvalue weighted by Crippen LogP contribution is -2.29. The molecule has 0 atom stereocenters. The quantitative estimate of drug-likeness (QED) is 0.490. The molecule has 28 heavy (non-hydrogen) atoms. The minimum atomic E-state index is -0.106. The average molecular weight is 437 g/mol. The molecule has 8 heteroatoms. The number of ether oxygens (including phenoxy) is 2. The van der Waals surface area contributed by atoms with Crippen LogP contribution in [0.25, 0.3) is 0 Å². The number of aromatic nitrogens is 1. The second kappa shape index (κ2) is 10.3. The molecule has 1 heterocycles. The van der Waals surface area contributed by atoms with E-state index in [1.807, 2.05) is 17.5 Å². The van der Waals surface area contributed by atoms with Gasteiger partial charge in [-0.05, 0) is 42.5 Å². The molecule has 0 radical (unpaired) electrons. The molecule has 0 unspecified atom stereocenters. The highest BCUT2D eigenvalue weighted by Crippen LogP contribution is 2.19. The Hall–Kier alpha value is -2.28. The highest BCUT2D eigenvalue weighted by molar-refractivity contribution is 7.09. The zero-order valence-corrected chi connectivity index (χ0v) is 17.2. The van der Waals surface area contributed by atoms with Crippen LogP contribution in [0.1, 0.15) is 10.7 Å². The molecule has 5 nitrogen and oxygen atoms in total. The van der Waals surface area contributed by atoms with Crippen molar-refractivity contribution in [2.24, 2.45) is 0 Å². The highest BCUT2D eigenvalue weighted by Gasteiger charge is 2.08. The number of carbonyl (C=O) groups excluding carboxylic acids is 1. The first-order valence-electron chi connectivity index (χ1n) is 8.55. The van der Waals surface area contributed by atoms with Gasteiger partial charge in [0.05, 0.1) is 18.7 Å². The van der Waals surface area contributed by atoms with E-state index in [0.29, 0.717) is 41.2 Å². The summed E-state index contributed by atoms with van der Waals surface area (Å²) in [7, 11) is 0. The van der Waals surface area contributed by atoms with Crippen LogP contribution in [0.4, 0.5) is 0 Å². The fraction of sp³-hybridized carbons (Fsp3) is 0.200. The maximum Gasteiger partial charge on any atom is 0.226 e. The second-order valence-electron chi connectivity index (χ2n) is 5.81. The first-order valence-corrected chi connectivity index (χ1v) is 10.2. The Kier molecular flexibility index (Phi) is 7.54. The Morgan fingerprint density at radius 2 is 1.86 bits per heavy atom. The summed E-state index contributed by atoms with van der Waals surface area (Å²) in [6, 6.07) is 14.3. The van der Waals surface area contributed by atoms with Gasteiger partial charge in [-0.25, -0.2) is 4.98 Å². The van der Waals surface area contributed by atoms with E-state index in [1.165, 1.54) is 11.3 Å². The minimum Gasteiger partial charge on any atom is -0.492 e. The summed E-state index contributed by atoms with van der Waals surface area (Å²) >= 11 is 13.2. The van der Waals surface area contributed by atoms with Crippen molar-refractivity contribution in [3.63, 3.8) is 0 Å². The first kappa shape index (κ1) is 20.5. The Morgan fingerprint density at radius 1 is 1.04 bits per heavy atom. The van der Waals surface area contributed by atoms with Crippen molar-refractivity contribution in [3.05, 3.63) is 74.7 Å². The van der Waals surface area contributed by atoms with E-state index >= 15 is 0 Å². The minimum absolute atomic E-state index is 0.106. The summed E-state index contributed by atoms with van der Waals surface area (Å²) in [6.45, 7) is 1.12. The molecule has 146 valence electrons. The Morgan fingerprint density at radius 3 is 2.64 bits per heavy atom. The van der Waals surface area contributed by atoms with Crippen LogP contribution >= 0.6 is 34.5 Å². The molecular formula is C20H18Cl2N2O3S. The third-order valence-corrected chi connectivity index (χ3v) is 4.96. The number of amides is 1. The van der Waals surface area contributed by atoms with Gasteiger partial charge in [0.1, 0.15) is 29.7 Å². The number of rotatable bonds is 9. The lowest BCUT2D eigenvalue weighted by atomic mass is 10.3. The maximum atomic E-state index is 12.0. The van der Waals surface area contributed by atoms with E-state index < -0.39 is 0 Å². The van der Waals surface area contributed by atoms with Crippen LogP contribution < -0.4 is 14.8 Å². The van der Waals surface area contributed by atoms with Gasteiger partial charge in [-0.3, -0.25) is 4.79 Å². The van der Waals surface area contributed by atoms with E-state index in [-0.39, 0.29) is 12.3 Å². The van der Waals surface area contributed by atoms with Crippen LogP contribution in [-0.4, -0.2) is 24.0 Å². The molecule has 0 aliphatic rings. The van der Waals surface area contributed by atoms with Gasteiger partial charge in [0.15, 0.2) is 0 Å². The molecule has 0 bridgehead atoms. The third kappa shape index (κ3) is 6.71. The summed E-state index contributed by atoms with van der Waals surface area (Å²) in [4.78, 5) is 16.5. The topological polar surface area (TPSA) is 60.5 Å². The molecule has 2 aromatic carbocycles. The predicted octanol–water partition coefficient (Wildman–Crippen LogP) is 4.77. The van der Waals surface area contributed by atoms with Crippen LogP contribution in [0.15, 0.2) is 53.9 Å². The van der Waals surface area contributed by atoms with Crippen LogP contribution in [-0.2, 0) is 17.8 Å². The molecule has 3 rings (SSSR count). The molecule has 3 aromatic rings. The van der Waals surface area contributed by atoms with Crippen molar-refractivity contribution in [3.8, 4) is 11.5 Å². The van der Waals surface area contributed by atoms with E-state index in [4.69, 9.17) is 32.7 Å². The zero-order valence-electron chi connectivity index (χ0n) is 14.9. The predicted molar refractivity (Wildman–Crippen MR) is 112 cm³/mol. The van der Waals surface area contributed by atoms with Gasteiger partial charge in [-0.2, -0.15) is 0 Å². The van der Waals surface area contributed by atoms with Crippen molar-refractivity contribution in [1.29, 1.82) is 0 Å². The molecule has 0 saturated heterocycles. The number of hydrogen-bond donors (Lipinski definition) is 1. The van der Waals surface area contributed by atoms with Gasteiger partial charge in [-0.15, -0.1) is 11.3 Å². The lowest BCUT2D eigenvalue weighted by Gasteiger charge is -2.07. The normalized spacial score (nSPS) is 10.5. The van der Waals surface area contributed by atoms with E-state index in [0.717, 1.165) is 10.8 Å². The molecule has 0 aliphatic carbocycles. The zero-order chi connectivity index (χ0) is 19.8. The number of nitrogens with zero attached hydrogens (tertiary/aromatic N) is 1. The molecule has 0 fully saturated rings. The molecule has 0 aliphatic heterocycles. The van der Waals surface area contributed by atoms with Gasteiger partial charge in [0.2, 0.25) is 5.91 Å². The summed E-state index contributed by atoms with van der Waals surface area (Å²) in [5.41, 5.74) is 0.716. The Bertz CT molecular complexity index is 916. The van der Waals surface area contributed by atoms with Crippen molar-refractivity contribution < 1.29 is 14.3 Å². The van der Waals surface area contributed by atoms with E-state index in [1.54, 1.807) is 36.4 Å². The summed E-state index contributed by atoms with van der Waals surface area (Å²) in [5, 5.41) is 6.76. The number of thiazole rings is 1. The van der Waals surface area contributed by atoms with Gasteiger partial charge in [-0.1, -0.05) is 29.3 Å². The van der Waals surface area contributed by atoms with Gasteiger partial charge >= 0.3 is 0 Å². The standard InChI is InChI=1S/C20H18Cl2N2O3S/c21-14-4-6-17(7-5-14)27-12-20-24-16(13-28-20)11-19(25)23-8-9-26-18-3-1-2-15(22)10-18/h1-7,10,13H,8-9,11-12H2,(H,23,25). The molecule has 0 saturated carbocycles. The molecule has 0 spiro atoms. The maximum absolute atomic E-state index is 12.0. The van der Waals surface area contributed by atoms with Crippen LogP contribution in [0.2, 0.25) is 10.0 Å². The highest BCUT2D eigenvalue weighted by atomic mass is 35.5. The van der Waals surface area contributed by atoms with Crippen molar-refractivity contribution >= 4 is 40.4 Å².